The van der Waals surface area contributed by atoms with Crippen molar-refractivity contribution in [2.75, 3.05) is 13.1 Å². The number of carbonyl (C=O) groups excluding carboxylic acids is 2. The highest BCUT2D eigenvalue weighted by molar-refractivity contribution is 5.81. The number of carbonyl (C=O) groups is 2. The Bertz CT molecular complexity index is 806. The molecule has 1 aliphatic rings. The fourth-order valence-electron chi connectivity index (χ4n) is 2.93. The van der Waals surface area contributed by atoms with Crippen LogP contribution in [0.3, 0.4) is 0 Å². The van der Waals surface area contributed by atoms with Crippen LogP contribution in [-0.2, 0) is 16.1 Å². The number of rotatable bonds is 3. The number of piperidine rings is 1. The second-order valence-electron chi connectivity index (χ2n) is 5.73. The molecule has 0 spiro atoms. The van der Waals surface area contributed by atoms with Crippen molar-refractivity contribution in [2.45, 2.75) is 19.4 Å². The van der Waals surface area contributed by atoms with E-state index in [1.54, 1.807) is 17.0 Å². The molecule has 1 fully saturated rings. The standard InChI is InChI=1S/C16H18N4O3/c17-16(23)11-5-7-19(8-6-11)15(22)10-20-13-4-2-1-3-12(13)18-9-14(20)21/h1-4,9,11H,5-8,10H2,(H2,17,23). The van der Waals surface area contributed by atoms with Crippen molar-refractivity contribution in [1.29, 1.82) is 0 Å². The van der Waals surface area contributed by atoms with Crippen LogP contribution in [0.4, 0.5) is 0 Å². The lowest BCUT2D eigenvalue weighted by atomic mass is 9.96. The highest BCUT2D eigenvalue weighted by atomic mass is 16.2. The molecular weight excluding hydrogens is 296 g/mol. The van der Waals surface area contributed by atoms with Crippen molar-refractivity contribution in [3.05, 3.63) is 40.8 Å². The summed E-state index contributed by atoms with van der Waals surface area (Å²) in [5, 5.41) is 0. The third-order valence-corrected chi connectivity index (χ3v) is 4.30. The van der Waals surface area contributed by atoms with Crippen molar-refractivity contribution in [1.82, 2.24) is 14.5 Å². The number of likely N-dealkylation sites (tertiary alicyclic amines) is 1. The van der Waals surface area contributed by atoms with E-state index in [1.165, 1.54) is 10.8 Å². The largest absolute Gasteiger partial charge is 0.369 e. The van der Waals surface area contributed by atoms with E-state index in [4.69, 9.17) is 5.73 Å². The highest BCUT2D eigenvalue weighted by Gasteiger charge is 2.26. The number of primary amides is 1. The zero-order chi connectivity index (χ0) is 16.4. The summed E-state index contributed by atoms with van der Waals surface area (Å²) >= 11 is 0. The Morgan fingerprint density at radius 3 is 2.61 bits per heavy atom. The van der Waals surface area contributed by atoms with E-state index in [2.05, 4.69) is 4.98 Å². The molecule has 0 atom stereocenters. The molecule has 2 N–H and O–H groups in total. The van der Waals surface area contributed by atoms with Gasteiger partial charge in [-0.25, -0.2) is 4.98 Å². The topological polar surface area (TPSA) is 98.3 Å². The van der Waals surface area contributed by atoms with Gasteiger partial charge < -0.3 is 10.6 Å². The molecule has 23 heavy (non-hydrogen) atoms. The molecule has 1 aromatic heterocycles. The first-order chi connectivity index (χ1) is 11.1. The molecule has 1 saturated heterocycles. The third-order valence-electron chi connectivity index (χ3n) is 4.30. The van der Waals surface area contributed by atoms with E-state index in [0.717, 1.165) is 0 Å². The summed E-state index contributed by atoms with van der Waals surface area (Å²) in [7, 11) is 0. The lowest BCUT2D eigenvalue weighted by molar-refractivity contribution is -0.135. The Labute approximate surface area is 132 Å². The number of nitrogens with zero attached hydrogens (tertiary/aromatic N) is 3. The molecule has 1 aromatic carbocycles. The minimum absolute atomic E-state index is 0.0247. The predicted octanol–water partition coefficient (Wildman–Crippen LogP) is 0.120. The van der Waals surface area contributed by atoms with Gasteiger partial charge in [-0.3, -0.25) is 19.0 Å². The van der Waals surface area contributed by atoms with E-state index in [-0.39, 0.29) is 29.8 Å². The predicted molar refractivity (Wildman–Crippen MR) is 84.5 cm³/mol. The molecule has 0 bridgehead atoms. The monoisotopic (exact) mass is 314 g/mol. The van der Waals surface area contributed by atoms with Crippen LogP contribution in [0, 0.1) is 5.92 Å². The Hall–Kier alpha value is -2.70. The average Bonchev–Trinajstić information content (AvgIpc) is 2.57. The molecule has 0 radical (unpaired) electrons. The molecule has 2 amide bonds. The van der Waals surface area contributed by atoms with Gasteiger partial charge in [0.2, 0.25) is 11.8 Å². The SMILES string of the molecule is NC(=O)C1CCN(C(=O)Cn2c(=O)cnc3ccccc32)CC1. The van der Waals surface area contributed by atoms with Gasteiger partial charge in [0, 0.05) is 19.0 Å². The Balaban J connectivity index is 1.78. The molecule has 1 aliphatic heterocycles. The smallest absolute Gasteiger partial charge is 0.269 e. The summed E-state index contributed by atoms with van der Waals surface area (Å²) in [6.45, 7) is 0.956. The van der Waals surface area contributed by atoms with Crippen LogP contribution < -0.4 is 11.3 Å². The number of aromatic nitrogens is 2. The van der Waals surface area contributed by atoms with Crippen LogP contribution in [0.15, 0.2) is 35.3 Å². The van der Waals surface area contributed by atoms with E-state index >= 15 is 0 Å². The third kappa shape index (κ3) is 3.08. The van der Waals surface area contributed by atoms with Gasteiger partial charge in [-0.05, 0) is 25.0 Å². The molecule has 0 saturated carbocycles. The second-order valence-corrected chi connectivity index (χ2v) is 5.73. The van der Waals surface area contributed by atoms with Crippen molar-refractivity contribution in [3.8, 4) is 0 Å². The summed E-state index contributed by atoms with van der Waals surface area (Å²) in [6, 6.07) is 7.22. The zero-order valence-corrected chi connectivity index (χ0v) is 12.6. The Morgan fingerprint density at radius 1 is 1.22 bits per heavy atom. The number of amides is 2. The Kier molecular flexibility index (Phi) is 4.10. The number of benzene rings is 1. The second kappa shape index (κ2) is 6.20. The Morgan fingerprint density at radius 2 is 1.91 bits per heavy atom. The number of hydrogen-bond donors (Lipinski definition) is 1. The average molecular weight is 314 g/mol. The van der Waals surface area contributed by atoms with Crippen LogP contribution >= 0.6 is 0 Å². The number of hydrogen-bond acceptors (Lipinski definition) is 4. The van der Waals surface area contributed by atoms with Crippen LogP contribution in [0.1, 0.15) is 12.8 Å². The lowest BCUT2D eigenvalue weighted by Gasteiger charge is -2.30. The fourth-order valence-corrected chi connectivity index (χ4v) is 2.93. The minimum Gasteiger partial charge on any atom is -0.369 e. The van der Waals surface area contributed by atoms with E-state index in [0.29, 0.717) is 37.0 Å². The molecule has 0 unspecified atom stereocenters. The maximum Gasteiger partial charge on any atom is 0.269 e. The van der Waals surface area contributed by atoms with Gasteiger partial charge in [0.1, 0.15) is 6.54 Å². The van der Waals surface area contributed by atoms with Gasteiger partial charge in [-0.2, -0.15) is 0 Å². The first kappa shape index (κ1) is 15.2. The van der Waals surface area contributed by atoms with Gasteiger partial charge in [-0.1, -0.05) is 12.1 Å². The van der Waals surface area contributed by atoms with Gasteiger partial charge >= 0.3 is 0 Å². The quantitative estimate of drug-likeness (QED) is 0.870. The molecule has 3 rings (SSSR count). The van der Waals surface area contributed by atoms with Crippen LogP contribution in [0.2, 0.25) is 0 Å². The summed E-state index contributed by atoms with van der Waals surface area (Å²) in [4.78, 5) is 41.5. The molecule has 2 heterocycles. The minimum atomic E-state index is -0.312. The first-order valence-electron chi connectivity index (χ1n) is 7.58. The van der Waals surface area contributed by atoms with Crippen LogP contribution in [-0.4, -0.2) is 39.4 Å². The van der Waals surface area contributed by atoms with Crippen molar-refractivity contribution < 1.29 is 9.59 Å². The van der Waals surface area contributed by atoms with Gasteiger partial charge in [0.15, 0.2) is 0 Å². The molecule has 7 nitrogen and oxygen atoms in total. The number of nitrogens with two attached hydrogens (primary N) is 1. The molecule has 2 aromatic rings. The van der Waals surface area contributed by atoms with E-state index in [9.17, 15) is 14.4 Å². The molecular formula is C16H18N4O3. The van der Waals surface area contributed by atoms with E-state index < -0.39 is 0 Å². The van der Waals surface area contributed by atoms with Crippen LogP contribution in [0.5, 0.6) is 0 Å². The maximum atomic E-state index is 12.5. The first-order valence-corrected chi connectivity index (χ1v) is 7.58. The fraction of sp³-hybridized carbons (Fsp3) is 0.375. The molecule has 0 aliphatic carbocycles. The van der Waals surface area contributed by atoms with Crippen molar-refractivity contribution in [2.24, 2.45) is 11.7 Å². The summed E-state index contributed by atoms with van der Waals surface area (Å²) in [5.74, 6) is -0.608. The van der Waals surface area contributed by atoms with Gasteiger partial charge in [0.25, 0.3) is 5.56 Å². The zero-order valence-electron chi connectivity index (χ0n) is 12.6. The summed E-state index contributed by atoms with van der Waals surface area (Å²) < 4.78 is 1.44. The van der Waals surface area contributed by atoms with Gasteiger partial charge in [-0.15, -0.1) is 0 Å². The summed E-state index contributed by atoms with van der Waals surface area (Å²) in [5.41, 5.74) is 6.31. The lowest BCUT2D eigenvalue weighted by Crippen LogP contribution is -2.43. The van der Waals surface area contributed by atoms with Crippen molar-refractivity contribution >= 4 is 22.8 Å². The maximum absolute atomic E-state index is 12.5. The number of para-hydroxylation sites is 2. The van der Waals surface area contributed by atoms with Crippen LogP contribution in [0.25, 0.3) is 11.0 Å². The van der Waals surface area contributed by atoms with Gasteiger partial charge in [0.05, 0.1) is 17.2 Å². The summed E-state index contributed by atoms with van der Waals surface area (Å²) in [6.07, 6.45) is 2.38. The van der Waals surface area contributed by atoms with Crippen molar-refractivity contribution in [3.63, 3.8) is 0 Å². The molecule has 7 heteroatoms. The highest BCUT2D eigenvalue weighted by Crippen LogP contribution is 2.17. The molecule has 120 valence electrons. The normalized spacial score (nSPS) is 15.7. The number of fused-ring (bicyclic) bond motifs is 1. The van der Waals surface area contributed by atoms with E-state index in [1.807, 2.05) is 12.1 Å².